The molecule has 0 aliphatic rings. The first kappa shape index (κ1) is 17.6. The fraction of sp³-hybridized carbons (Fsp3) is 0.333. The maximum absolute atomic E-state index is 11.7. The molecule has 2 amide bonds. The third-order valence-corrected chi connectivity index (χ3v) is 3.44. The molecule has 0 aromatic carbocycles. The summed E-state index contributed by atoms with van der Waals surface area (Å²) in [6.07, 6.45) is 5.60. The van der Waals surface area contributed by atoms with Gasteiger partial charge in [0.05, 0.1) is 24.5 Å². The molecule has 0 unspecified atom stereocenters. The average Bonchev–Trinajstić information content (AvgIpc) is 2.63. The Labute approximate surface area is 141 Å². The summed E-state index contributed by atoms with van der Waals surface area (Å²) < 4.78 is 0. The number of rotatable bonds is 9. The minimum atomic E-state index is -0.0189. The normalized spacial score (nSPS) is 10.2. The van der Waals surface area contributed by atoms with Crippen molar-refractivity contribution in [1.82, 2.24) is 20.6 Å². The van der Waals surface area contributed by atoms with Crippen molar-refractivity contribution in [2.45, 2.75) is 38.8 Å². The lowest BCUT2D eigenvalue weighted by Gasteiger charge is -2.06. The number of carbonyl (C=O) groups is 2. The van der Waals surface area contributed by atoms with E-state index in [0.717, 1.165) is 11.4 Å². The number of nitrogens with one attached hydrogen (secondary N) is 2. The quantitative estimate of drug-likeness (QED) is 0.690. The van der Waals surface area contributed by atoms with Crippen molar-refractivity contribution in [2.75, 3.05) is 0 Å². The fourth-order valence-electron chi connectivity index (χ4n) is 2.13. The van der Waals surface area contributed by atoms with Gasteiger partial charge < -0.3 is 10.6 Å². The largest absolute Gasteiger partial charge is 0.350 e. The van der Waals surface area contributed by atoms with E-state index in [4.69, 9.17) is 0 Å². The Morgan fingerprint density at radius 3 is 1.58 bits per heavy atom. The van der Waals surface area contributed by atoms with Gasteiger partial charge in [-0.25, -0.2) is 0 Å². The van der Waals surface area contributed by atoms with E-state index in [0.29, 0.717) is 38.8 Å². The Bertz CT molecular complexity index is 574. The van der Waals surface area contributed by atoms with Crippen molar-refractivity contribution >= 4 is 11.8 Å². The Morgan fingerprint density at radius 1 is 0.750 bits per heavy atom. The highest BCUT2D eigenvalue weighted by Gasteiger charge is 2.05. The number of nitrogens with zero attached hydrogens (tertiary/aromatic N) is 2. The van der Waals surface area contributed by atoms with Gasteiger partial charge in [-0.2, -0.15) is 0 Å². The van der Waals surface area contributed by atoms with E-state index in [1.54, 1.807) is 12.4 Å². The summed E-state index contributed by atoms with van der Waals surface area (Å²) in [4.78, 5) is 31.7. The van der Waals surface area contributed by atoms with Crippen LogP contribution < -0.4 is 10.6 Å². The number of aromatic nitrogens is 2. The van der Waals surface area contributed by atoms with E-state index in [-0.39, 0.29) is 11.8 Å². The first-order valence-electron chi connectivity index (χ1n) is 8.07. The lowest BCUT2D eigenvalue weighted by molar-refractivity contribution is -0.123. The molecule has 0 aliphatic carbocycles. The molecule has 0 fully saturated rings. The summed E-state index contributed by atoms with van der Waals surface area (Å²) in [5.74, 6) is -0.0379. The fourth-order valence-corrected chi connectivity index (χ4v) is 2.13. The molecule has 0 saturated heterocycles. The van der Waals surface area contributed by atoms with E-state index in [2.05, 4.69) is 20.6 Å². The average molecular weight is 326 g/mol. The Hall–Kier alpha value is -2.76. The predicted octanol–water partition coefficient (Wildman–Crippen LogP) is 1.97. The Morgan fingerprint density at radius 2 is 1.21 bits per heavy atom. The van der Waals surface area contributed by atoms with Gasteiger partial charge in [-0.15, -0.1) is 0 Å². The van der Waals surface area contributed by atoms with Crippen LogP contribution in [0, 0.1) is 0 Å². The van der Waals surface area contributed by atoms with Gasteiger partial charge in [0.2, 0.25) is 11.8 Å². The van der Waals surface area contributed by atoms with Gasteiger partial charge in [-0.3, -0.25) is 19.6 Å². The van der Waals surface area contributed by atoms with Crippen molar-refractivity contribution in [3.8, 4) is 0 Å². The molecular formula is C18H22N4O2. The summed E-state index contributed by atoms with van der Waals surface area (Å²) in [7, 11) is 0. The molecule has 0 saturated carbocycles. The third kappa shape index (κ3) is 7.00. The van der Waals surface area contributed by atoms with Crippen molar-refractivity contribution < 1.29 is 9.59 Å². The lowest BCUT2D eigenvalue weighted by atomic mass is 10.2. The topological polar surface area (TPSA) is 84.0 Å². The number of hydrogen-bond donors (Lipinski definition) is 2. The zero-order chi connectivity index (χ0) is 17.0. The summed E-state index contributed by atoms with van der Waals surface area (Å²) in [6, 6.07) is 11.2. The van der Waals surface area contributed by atoms with Crippen LogP contribution >= 0.6 is 0 Å². The summed E-state index contributed by atoms with van der Waals surface area (Å²) >= 11 is 0. The summed E-state index contributed by atoms with van der Waals surface area (Å²) in [6.45, 7) is 0.870. The van der Waals surface area contributed by atoms with Crippen LogP contribution in [0.2, 0.25) is 0 Å². The molecule has 126 valence electrons. The molecule has 0 aliphatic heterocycles. The van der Waals surface area contributed by atoms with E-state index in [9.17, 15) is 9.59 Å². The Balaban J connectivity index is 1.52. The molecule has 6 heteroatoms. The van der Waals surface area contributed by atoms with Gasteiger partial charge in [-0.1, -0.05) is 12.1 Å². The molecule has 2 heterocycles. The van der Waals surface area contributed by atoms with E-state index >= 15 is 0 Å². The molecule has 0 bridgehead atoms. The van der Waals surface area contributed by atoms with Crippen LogP contribution in [0.4, 0.5) is 0 Å². The zero-order valence-corrected chi connectivity index (χ0v) is 13.6. The highest BCUT2D eigenvalue weighted by Crippen LogP contribution is 2.01. The van der Waals surface area contributed by atoms with Crippen LogP contribution in [0.25, 0.3) is 0 Å². The molecule has 2 N–H and O–H groups in total. The molecule has 2 aromatic rings. The second-order valence-corrected chi connectivity index (χ2v) is 5.40. The first-order valence-corrected chi connectivity index (χ1v) is 8.07. The number of hydrogen-bond acceptors (Lipinski definition) is 4. The van der Waals surface area contributed by atoms with Crippen LogP contribution in [0.3, 0.4) is 0 Å². The van der Waals surface area contributed by atoms with Gasteiger partial charge >= 0.3 is 0 Å². The standard InChI is InChI=1S/C18H22N4O2/c23-17(21-13-15-7-3-5-11-19-15)9-1-2-10-18(24)22-14-16-8-4-6-12-20-16/h3-8,11-12H,1-2,9-10,13-14H2,(H,21,23)(H,22,24). The third-order valence-electron chi connectivity index (χ3n) is 3.44. The van der Waals surface area contributed by atoms with E-state index in [1.807, 2.05) is 36.4 Å². The van der Waals surface area contributed by atoms with Gasteiger partial charge in [0, 0.05) is 25.2 Å². The van der Waals surface area contributed by atoms with Gasteiger partial charge in [0.25, 0.3) is 0 Å². The van der Waals surface area contributed by atoms with E-state index < -0.39 is 0 Å². The van der Waals surface area contributed by atoms with Crippen LogP contribution in [0.5, 0.6) is 0 Å². The Kier molecular flexibility index (Phi) is 7.40. The highest BCUT2D eigenvalue weighted by atomic mass is 16.2. The SMILES string of the molecule is O=C(CCCCC(=O)NCc1ccccn1)NCc1ccccn1. The van der Waals surface area contributed by atoms with Crippen LogP contribution in [0.1, 0.15) is 37.1 Å². The lowest BCUT2D eigenvalue weighted by Crippen LogP contribution is -2.24. The minimum absolute atomic E-state index is 0.0189. The number of pyridine rings is 2. The van der Waals surface area contributed by atoms with Crippen molar-refractivity contribution in [3.05, 3.63) is 60.2 Å². The maximum Gasteiger partial charge on any atom is 0.220 e. The van der Waals surface area contributed by atoms with Crippen LogP contribution in [-0.4, -0.2) is 21.8 Å². The first-order chi connectivity index (χ1) is 11.7. The summed E-state index contributed by atoms with van der Waals surface area (Å²) in [5.41, 5.74) is 1.67. The van der Waals surface area contributed by atoms with Gasteiger partial charge in [0.15, 0.2) is 0 Å². The number of unbranched alkanes of at least 4 members (excludes halogenated alkanes) is 1. The van der Waals surface area contributed by atoms with Crippen molar-refractivity contribution in [1.29, 1.82) is 0 Å². The highest BCUT2D eigenvalue weighted by molar-refractivity contribution is 5.77. The molecule has 0 radical (unpaired) electrons. The molecule has 2 rings (SSSR count). The second kappa shape index (κ2) is 10.1. The second-order valence-electron chi connectivity index (χ2n) is 5.40. The number of carbonyl (C=O) groups excluding carboxylic acids is 2. The molecule has 6 nitrogen and oxygen atoms in total. The zero-order valence-electron chi connectivity index (χ0n) is 13.6. The smallest absolute Gasteiger partial charge is 0.220 e. The maximum atomic E-state index is 11.7. The van der Waals surface area contributed by atoms with Crippen LogP contribution in [-0.2, 0) is 22.7 Å². The van der Waals surface area contributed by atoms with Crippen LogP contribution in [0.15, 0.2) is 48.8 Å². The predicted molar refractivity (Wildman–Crippen MR) is 90.6 cm³/mol. The van der Waals surface area contributed by atoms with Crippen molar-refractivity contribution in [2.24, 2.45) is 0 Å². The molecule has 0 atom stereocenters. The van der Waals surface area contributed by atoms with Gasteiger partial charge in [-0.05, 0) is 37.1 Å². The van der Waals surface area contributed by atoms with Gasteiger partial charge in [0.1, 0.15) is 0 Å². The molecule has 2 aromatic heterocycles. The molecular weight excluding hydrogens is 304 g/mol. The summed E-state index contributed by atoms with van der Waals surface area (Å²) in [5, 5.41) is 5.65. The van der Waals surface area contributed by atoms with Crippen molar-refractivity contribution in [3.63, 3.8) is 0 Å². The molecule has 0 spiro atoms. The number of amides is 2. The monoisotopic (exact) mass is 326 g/mol. The molecule has 24 heavy (non-hydrogen) atoms. The minimum Gasteiger partial charge on any atom is -0.350 e. The van der Waals surface area contributed by atoms with E-state index in [1.165, 1.54) is 0 Å².